The van der Waals surface area contributed by atoms with Crippen LogP contribution in [-0.2, 0) is 4.79 Å². The molecule has 3 nitrogen and oxygen atoms in total. The fourth-order valence-corrected chi connectivity index (χ4v) is 1.90. The predicted octanol–water partition coefficient (Wildman–Crippen LogP) is 2.32. The number of amides is 1. The molecule has 1 heterocycles. The van der Waals surface area contributed by atoms with Gasteiger partial charge >= 0.3 is 0 Å². The minimum atomic E-state index is -0.748. The van der Waals surface area contributed by atoms with Crippen molar-refractivity contribution in [2.24, 2.45) is 5.92 Å². The van der Waals surface area contributed by atoms with E-state index in [2.05, 4.69) is 10.6 Å². The molecule has 18 heavy (non-hydrogen) atoms. The van der Waals surface area contributed by atoms with Gasteiger partial charge in [0.2, 0.25) is 5.91 Å². The summed E-state index contributed by atoms with van der Waals surface area (Å²) in [6.07, 6.45) is 1.73. The fourth-order valence-electron chi connectivity index (χ4n) is 1.90. The largest absolute Gasteiger partial charge is 0.323 e. The third kappa shape index (κ3) is 3.65. The van der Waals surface area contributed by atoms with Crippen LogP contribution in [0.15, 0.2) is 18.2 Å². The number of hydrogen-bond acceptors (Lipinski definition) is 2. The number of nitrogens with one attached hydrogen (secondary N) is 2. The molecular formula is C12H15ClF2N2O. The monoisotopic (exact) mass is 276 g/mol. The number of hydrogen-bond donors (Lipinski definition) is 2. The Morgan fingerprint density at radius 3 is 2.78 bits per heavy atom. The lowest BCUT2D eigenvalue weighted by molar-refractivity contribution is -0.120. The number of benzene rings is 1. The maximum Gasteiger partial charge on any atom is 0.228 e. The highest BCUT2D eigenvalue weighted by Crippen LogP contribution is 2.18. The first-order valence-corrected chi connectivity index (χ1v) is 5.63. The second-order valence-electron chi connectivity index (χ2n) is 4.16. The normalized spacial score (nSPS) is 18.9. The molecule has 0 spiro atoms. The van der Waals surface area contributed by atoms with E-state index in [0.717, 1.165) is 31.5 Å². The molecular weight excluding hydrogens is 262 g/mol. The second kappa shape index (κ2) is 6.66. The number of carbonyl (C=O) groups excluding carboxylic acids is 1. The molecule has 1 fully saturated rings. The van der Waals surface area contributed by atoms with Gasteiger partial charge in [-0.15, -0.1) is 12.4 Å². The van der Waals surface area contributed by atoms with Gasteiger partial charge in [-0.1, -0.05) is 0 Å². The zero-order valence-electron chi connectivity index (χ0n) is 9.71. The summed E-state index contributed by atoms with van der Waals surface area (Å²) in [7, 11) is 0. The molecule has 0 bridgehead atoms. The Hall–Kier alpha value is -1.20. The zero-order chi connectivity index (χ0) is 12.3. The van der Waals surface area contributed by atoms with Crippen LogP contribution >= 0.6 is 12.4 Å². The molecule has 6 heteroatoms. The summed E-state index contributed by atoms with van der Waals surface area (Å²) in [5, 5.41) is 5.60. The Bertz CT molecular complexity index is 423. The lowest BCUT2D eigenvalue weighted by atomic mass is 9.99. The highest BCUT2D eigenvalue weighted by Gasteiger charge is 2.21. The first-order chi connectivity index (χ1) is 8.16. The van der Waals surface area contributed by atoms with E-state index in [1.165, 1.54) is 6.07 Å². The Morgan fingerprint density at radius 1 is 1.39 bits per heavy atom. The summed E-state index contributed by atoms with van der Waals surface area (Å²) in [6, 6.07) is 3.12. The molecule has 1 aliphatic heterocycles. The van der Waals surface area contributed by atoms with E-state index < -0.39 is 11.6 Å². The minimum Gasteiger partial charge on any atom is -0.323 e. The van der Waals surface area contributed by atoms with Gasteiger partial charge in [-0.2, -0.15) is 0 Å². The summed E-state index contributed by atoms with van der Waals surface area (Å²) in [5.74, 6) is -1.77. The van der Waals surface area contributed by atoms with Crippen LogP contribution < -0.4 is 10.6 Å². The first kappa shape index (κ1) is 14.9. The molecule has 1 atom stereocenters. The topological polar surface area (TPSA) is 41.1 Å². The van der Waals surface area contributed by atoms with Crippen molar-refractivity contribution in [3.05, 3.63) is 29.8 Å². The van der Waals surface area contributed by atoms with E-state index in [1.54, 1.807) is 0 Å². The third-order valence-electron chi connectivity index (χ3n) is 2.86. The Morgan fingerprint density at radius 2 is 2.17 bits per heavy atom. The molecule has 0 unspecified atom stereocenters. The predicted molar refractivity (Wildman–Crippen MR) is 67.8 cm³/mol. The highest BCUT2D eigenvalue weighted by atomic mass is 35.5. The van der Waals surface area contributed by atoms with Crippen molar-refractivity contribution in [2.45, 2.75) is 12.8 Å². The minimum absolute atomic E-state index is 0. The van der Waals surface area contributed by atoms with Crippen molar-refractivity contribution >= 4 is 24.0 Å². The van der Waals surface area contributed by atoms with Gasteiger partial charge in [0.15, 0.2) is 0 Å². The molecule has 2 rings (SSSR count). The SMILES string of the molecule is Cl.O=C(Nc1ccc(F)cc1F)[C@@H]1CCCNC1. The van der Waals surface area contributed by atoms with Crippen molar-refractivity contribution < 1.29 is 13.6 Å². The van der Waals surface area contributed by atoms with Crippen molar-refractivity contribution in [3.8, 4) is 0 Å². The molecule has 1 saturated heterocycles. The second-order valence-corrected chi connectivity index (χ2v) is 4.16. The lowest BCUT2D eigenvalue weighted by Crippen LogP contribution is -2.37. The van der Waals surface area contributed by atoms with E-state index in [9.17, 15) is 13.6 Å². The standard InChI is InChI=1S/C12H14F2N2O.ClH/c13-9-3-4-11(10(14)6-9)16-12(17)8-2-1-5-15-7-8;/h3-4,6,8,15H,1-2,5,7H2,(H,16,17);1H/t8-;/m1./s1. The Kier molecular flexibility index (Phi) is 5.50. The zero-order valence-corrected chi connectivity index (χ0v) is 10.5. The van der Waals surface area contributed by atoms with Crippen molar-refractivity contribution in [3.63, 3.8) is 0 Å². The summed E-state index contributed by atoms with van der Waals surface area (Å²) in [4.78, 5) is 11.8. The molecule has 1 amide bonds. The number of piperidine rings is 1. The van der Waals surface area contributed by atoms with Crippen molar-refractivity contribution in [2.75, 3.05) is 18.4 Å². The van der Waals surface area contributed by atoms with Crippen molar-refractivity contribution in [1.82, 2.24) is 5.32 Å². The van der Waals surface area contributed by atoms with Gasteiger partial charge in [-0.25, -0.2) is 8.78 Å². The van der Waals surface area contributed by atoms with Gasteiger partial charge < -0.3 is 10.6 Å². The van der Waals surface area contributed by atoms with Gasteiger partial charge in [0.05, 0.1) is 11.6 Å². The van der Waals surface area contributed by atoms with Gasteiger partial charge in [0, 0.05) is 12.6 Å². The van der Waals surface area contributed by atoms with Gasteiger partial charge in [-0.3, -0.25) is 4.79 Å². The summed E-state index contributed by atoms with van der Waals surface area (Å²) in [6.45, 7) is 1.52. The number of carbonyl (C=O) groups is 1. The number of rotatable bonds is 2. The molecule has 0 aromatic heterocycles. The summed E-state index contributed by atoms with van der Waals surface area (Å²) in [5.41, 5.74) is 0.0296. The number of halogens is 3. The summed E-state index contributed by atoms with van der Waals surface area (Å²) < 4.78 is 26.0. The van der Waals surface area contributed by atoms with Gasteiger partial charge in [-0.05, 0) is 31.5 Å². The molecule has 1 aromatic carbocycles. The molecule has 2 N–H and O–H groups in total. The van der Waals surface area contributed by atoms with E-state index in [1.807, 2.05) is 0 Å². The average Bonchev–Trinajstić information content (AvgIpc) is 2.34. The average molecular weight is 277 g/mol. The van der Waals surface area contributed by atoms with Crippen LogP contribution in [-0.4, -0.2) is 19.0 Å². The van der Waals surface area contributed by atoms with Crippen LogP contribution in [0.1, 0.15) is 12.8 Å². The van der Waals surface area contributed by atoms with Crippen molar-refractivity contribution in [1.29, 1.82) is 0 Å². The van der Waals surface area contributed by atoms with E-state index in [4.69, 9.17) is 0 Å². The van der Waals surface area contributed by atoms with Crippen LogP contribution in [0.3, 0.4) is 0 Å². The lowest BCUT2D eigenvalue weighted by Gasteiger charge is -2.21. The van der Waals surface area contributed by atoms with Gasteiger partial charge in [0.25, 0.3) is 0 Å². The molecule has 0 aliphatic carbocycles. The van der Waals surface area contributed by atoms with Crippen LogP contribution in [0.4, 0.5) is 14.5 Å². The number of anilines is 1. The molecule has 100 valence electrons. The third-order valence-corrected chi connectivity index (χ3v) is 2.86. The smallest absolute Gasteiger partial charge is 0.228 e. The molecule has 1 aromatic rings. The maximum atomic E-state index is 13.3. The van der Waals surface area contributed by atoms with Crippen LogP contribution in [0.2, 0.25) is 0 Å². The Balaban J connectivity index is 0.00000162. The quantitative estimate of drug-likeness (QED) is 0.870. The fraction of sp³-hybridized carbons (Fsp3) is 0.417. The van der Waals surface area contributed by atoms with Gasteiger partial charge in [0.1, 0.15) is 11.6 Å². The highest BCUT2D eigenvalue weighted by molar-refractivity contribution is 5.92. The summed E-state index contributed by atoms with van der Waals surface area (Å²) >= 11 is 0. The van der Waals surface area contributed by atoms with E-state index >= 15 is 0 Å². The van der Waals surface area contributed by atoms with Crippen LogP contribution in [0, 0.1) is 17.6 Å². The molecule has 1 aliphatic rings. The van der Waals surface area contributed by atoms with E-state index in [-0.39, 0.29) is 29.9 Å². The maximum absolute atomic E-state index is 13.3. The first-order valence-electron chi connectivity index (χ1n) is 5.63. The molecule has 0 radical (unpaired) electrons. The van der Waals surface area contributed by atoms with Crippen LogP contribution in [0.5, 0.6) is 0 Å². The van der Waals surface area contributed by atoms with Crippen LogP contribution in [0.25, 0.3) is 0 Å². The molecule has 0 saturated carbocycles. The van der Waals surface area contributed by atoms with E-state index in [0.29, 0.717) is 6.54 Å². The Labute approximate surface area is 110 Å².